The number of H-pyrrole nitrogens is 1. The van der Waals surface area contributed by atoms with E-state index in [4.69, 9.17) is 11.6 Å². The average Bonchev–Trinajstić information content (AvgIpc) is 3.11. The summed E-state index contributed by atoms with van der Waals surface area (Å²) in [6.45, 7) is 0.964. The zero-order valence-corrected chi connectivity index (χ0v) is 15.4. The molecular weight excluding hydrogens is 362 g/mol. The molecule has 0 saturated carbocycles. The molecule has 5 nitrogen and oxygen atoms in total. The van der Waals surface area contributed by atoms with Crippen LogP contribution in [-0.4, -0.2) is 29.9 Å². The number of para-hydroxylation sites is 1. The van der Waals surface area contributed by atoms with Crippen LogP contribution in [0.4, 0.5) is 0 Å². The predicted molar refractivity (Wildman–Crippen MR) is 109 cm³/mol. The summed E-state index contributed by atoms with van der Waals surface area (Å²) in [5.41, 5.74) is 2.37. The van der Waals surface area contributed by atoms with Crippen LogP contribution in [0, 0.1) is 0 Å². The molecule has 2 aromatic carbocycles. The SMILES string of the molecule is O=C(/C=C/c1ccc(Cl)cc1)NCCCNC(=O)c1cc2ccccc2[nH]1. The van der Waals surface area contributed by atoms with E-state index in [0.717, 1.165) is 16.5 Å². The van der Waals surface area contributed by atoms with Gasteiger partial charge in [0.25, 0.3) is 5.91 Å². The van der Waals surface area contributed by atoms with E-state index in [9.17, 15) is 9.59 Å². The largest absolute Gasteiger partial charge is 0.352 e. The minimum atomic E-state index is -0.174. The van der Waals surface area contributed by atoms with Gasteiger partial charge >= 0.3 is 0 Å². The van der Waals surface area contributed by atoms with Gasteiger partial charge in [-0.05, 0) is 42.3 Å². The Morgan fingerprint density at radius 1 is 1.00 bits per heavy atom. The molecule has 0 aliphatic carbocycles. The number of hydrogen-bond donors (Lipinski definition) is 3. The molecule has 1 heterocycles. The number of nitrogens with one attached hydrogen (secondary N) is 3. The molecule has 27 heavy (non-hydrogen) atoms. The number of aromatic amines is 1. The van der Waals surface area contributed by atoms with E-state index < -0.39 is 0 Å². The number of rotatable bonds is 7. The number of carbonyl (C=O) groups is 2. The van der Waals surface area contributed by atoms with Gasteiger partial charge in [-0.25, -0.2) is 0 Å². The van der Waals surface area contributed by atoms with Crippen molar-refractivity contribution in [2.24, 2.45) is 0 Å². The fourth-order valence-corrected chi connectivity index (χ4v) is 2.72. The first-order chi connectivity index (χ1) is 13.1. The molecule has 0 atom stereocenters. The average molecular weight is 382 g/mol. The summed E-state index contributed by atoms with van der Waals surface area (Å²) in [6, 6.07) is 16.8. The summed E-state index contributed by atoms with van der Waals surface area (Å²) in [5.74, 6) is -0.327. The zero-order chi connectivity index (χ0) is 19.1. The number of halogens is 1. The Hall–Kier alpha value is -3.05. The number of carbonyl (C=O) groups excluding carboxylic acids is 2. The molecule has 0 unspecified atom stereocenters. The first kappa shape index (κ1) is 18.7. The van der Waals surface area contributed by atoms with E-state index in [1.165, 1.54) is 6.08 Å². The smallest absolute Gasteiger partial charge is 0.267 e. The van der Waals surface area contributed by atoms with E-state index in [2.05, 4.69) is 15.6 Å². The lowest BCUT2D eigenvalue weighted by Gasteiger charge is -2.04. The minimum Gasteiger partial charge on any atom is -0.352 e. The van der Waals surface area contributed by atoms with Gasteiger partial charge in [0.15, 0.2) is 0 Å². The standard InChI is InChI=1S/C21H20ClN3O2/c22-17-9-6-15(7-10-17)8-11-20(26)23-12-3-13-24-21(27)19-14-16-4-1-2-5-18(16)25-19/h1-2,4-11,14,25H,3,12-13H2,(H,23,26)(H,24,27)/b11-8+. The van der Waals surface area contributed by atoms with Crippen LogP contribution >= 0.6 is 11.6 Å². The third kappa shape index (κ3) is 5.46. The normalized spacial score (nSPS) is 11.0. The zero-order valence-electron chi connectivity index (χ0n) is 14.7. The third-order valence-corrected chi connectivity index (χ3v) is 4.26. The van der Waals surface area contributed by atoms with Crippen molar-refractivity contribution in [3.63, 3.8) is 0 Å². The van der Waals surface area contributed by atoms with Crippen LogP contribution < -0.4 is 10.6 Å². The summed E-state index contributed by atoms with van der Waals surface area (Å²) >= 11 is 5.82. The van der Waals surface area contributed by atoms with Crippen LogP contribution in [0.2, 0.25) is 5.02 Å². The molecule has 0 bridgehead atoms. The lowest BCUT2D eigenvalue weighted by atomic mass is 10.2. The molecule has 0 aliphatic heterocycles. The molecule has 0 saturated heterocycles. The molecule has 0 spiro atoms. The summed E-state index contributed by atoms with van der Waals surface area (Å²) in [5, 5.41) is 7.29. The van der Waals surface area contributed by atoms with E-state index in [1.807, 2.05) is 42.5 Å². The summed E-state index contributed by atoms with van der Waals surface area (Å²) in [6.07, 6.45) is 3.85. The van der Waals surface area contributed by atoms with Crippen LogP contribution in [0.25, 0.3) is 17.0 Å². The van der Waals surface area contributed by atoms with Crippen molar-refractivity contribution in [2.45, 2.75) is 6.42 Å². The number of fused-ring (bicyclic) bond motifs is 1. The number of benzene rings is 2. The maximum absolute atomic E-state index is 12.1. The van der Waals surface area contributed by atoms with Crippen molar-refractivity contribution < 1.29 is 9.59 Å². The van der Waals surface area contributed by atoms with Gasteiger partial charge in [0, 0.05) is 35.1 Å². The van der Waals surface area contributed by atoms with Gasteiger partial charge < -0.3 is 15.6 Å². The Morgan fingerprint density at radius 2 is 1.74 bits per heavy atom. The van der Waals surface area contributed by atoms with Crippen molar-refractivity contribution in [2.75, 3.05) is 13.1 Å². The Bertz CT molecular complexity index is 928. The van der Waals surface area contributed by atoms with Crippen molar-refractivity contribution >= 4 is 40.4 Å². The van der Waals surface area contributed by atoms with E-state index in [0.29, 0.717) is 30.2 Å². The van der Waals surface area contributed by atoms with Crippen LogP contribution in [0.15, 0.2) is 60.7 Å². The molecule has 3 rings (SSSR count). The van der Waals surface area contributed by atoms with Gasteiger partial charge in [0.1, 0.15) is 5.69 Å². The third-order valence-electron chi connectivity index (χ3n) is 4.01. The highest BCUT2D eigenvalue weighted by molar-refractivity contribution is 6.30. The molecular formula is C21H20ClN3O2. The highest BCUT2D eigenvalue weighted by Gasteiger charge is 2.08. The molecule has 0 fully saturated rings. The second-order valence-electron chi connectivity index (χ2n) is 6.06. The van der Waals surface area contributed by atoms with E-state index in [-0.39, 0.29) is 11.8 Å². The van der Waals surface area contributed by atoms with Gasteiger partial charge in [0.2, 0.25) is 5.91 Å². The quantitative estimate of drug-likeness (QED) is 0.430. The second-order valence-corrected chi connectivity index (χ2v) is 6.49. The van der Waals surface area contributed by atoms with Gasteiger partial charge in [0.05, 0.1) is 0 Å². The first-order valence-electron chi connectivity index (χ1n) is 8.69. The Kier molecular flexibility index (Phi) is 6.28. The molecule has 0 radical (unpaired) electrons. The lowest BCUT2D eigenvalue weighted by molar-refractivity contribution is -0.116. The van der Waals surface area contributed by atoms with Crippen molar-refractivity contribution in [3.8, 4) is 0 Å². The Labute approximate surface area is 162 Å². The Balaban J connectivity index is 1.36. The lowest BCUT2D eigenvalue weighted by Crippen LogP contribution is -2.29. The van der Waals surface area contributed by atoms with Crippen LogP contribution in [0.3, 0.4) is 0 Å². The van der Waals surface area contributed by atoms with Crippen LogP contribution in [0.5, 0.6) is 0 Å². The maximum atomic E-state index is 12.1. The Morgan fingerprint density at radius 3 is 2.52 bits per heavy atom. The number of aromatic nitrogens is 1. The van der Waals surface area contributed by atoms with Crippen LogP contribution in [0.1, 0.15) is 22.5 Å². The topological polar surface area (TPSA) is 74.0 Å². The molecule has 138 valence electrons. The molecule has 1 aromatic heterocycles. The molecule has 3 aromatic rings. The van der Waals surface area contributed by atoms with Gasteiger partial charge in [-0.2, -0.15) is 0 Å². The van der Waals surface area contributed by atoms with Crippen molar-refractivity contribution in [1.29, 1.82) is 0 Å². The molecule has 2 amide bonds. The van der Waals surface area contributed by atoms with Crippen molar-refractivity contribution in [1.82, 2.24) is 15.6 Å². The number of amides is 2. The first-order valence-corrected chi connectivity index (χ1v) is 9.07. The van der Waals surface area contributed by atoms with E-state index in [1.54, 1.807) is 18.2 Å². The monoisotopic (exact) mass is 381 g/mol. The minimum absolute atomic E-state index is 0.153. The van der Waals surface area contributed by atoms with Gasteiger partial charge in [-0.1, -0.05) is 41.9 Å². The van der Waals surface area contributed by atoms with Gasteiger partial charge in [-0.3, -0.25) is 9.59 Å². The highest BCUT2D eigenvalue weighted by atomic mass is 35.5. The molecule has 0 aliphatic rings. The summed E-state index contributed by atoms with van der Waals surface area (Å²) in [4.78, 5) is 27.0. The number of hydrogen-bond acceptors (Lipinski definition) is 2. The maximum Gasteiger partial charge on any atom is 0.267 e. The van der Waals surface area contributed by atoms with Crippen LogP contribution in [-0.2, 0) is 4.79 Å². The summed E-state index contributed by atoms with van der Waals surface area (Å²) < 4.78 is 0. The molecule has 6 heteroatoms. The van der Waals surface area contributed by atoms with Crippen molar-refractivity contribution in [3.05, 3.63) is 77.0 Å². The highest BCUT2D eigenvalue weighted by Crippen LogP contribution is 2.14. The second kappa shape index (κ2) is 9.05. The van der Waals surface area contributed by atoms with E-state index >= 15 is 0 Å². The molecule has 3 N–H and O–H groups in total. The fourth-order valence-electron chi connectivity index (χ4n) is 2.60. The van der Waals surface area contributed by atoms with Gasteiger partial charge in [-0.15, -0.1) is 0 Å². The predicted octanol–water partition coefficient (Wildman–Crippen LogP) is 3.77. The fraction of sp³-hybridized carbons (Fsp3) is 0.143. The summed E-state index contributed by atoms with van der Waals surface area (Å²) in [7, 11) is 0.